The third-order valence-corrected chi connectivity index (χ3v) is 4.70. The summed E-state index contributed by atoms with van der Waals surface area (Å²) in [5.41, 5.74) is -0.00714. The zero-order valence-electron chi connectivity index (χ0n) is 11.2. The number of likely N-dealkylation sites (tertiary alicyclic amines) is 1. The first-order valence-electron chi connectivity index (χ1n) is 6.65. The lowest BCUT2D eigenvalue weighted by molar-refractivity contribution is -0.135. The molecule has 0 N–H and O–H groups in total. The lowest BCUT2D eigenvalue weighted by atomic mass is 9.99. The van der Waals surface area contributed by atoms with Crippen LogP contribution in [0.1, 0.15) is 33.6 Å². The van der Waals surface area contributed by atoms with Gasteiger partial charge in [0.1, 0.15) is 4.49 Å². The quantitative estimate of drug-likeness (QED) is 0.756. The minimum atomic E-state index is -0.00714. The van der Waals surface area contributed by atoms with Crippen LogP contribution in [0.3, 0.4) is 0 Å². The first-order chi connectivity index (χ1) is 8.34. The van der Waals surface area contributed by atoms with Gasteiger partial charge in [-0.3, -0.25) is 4.79 Å². The molecule has 2 fully saturated rings. The zero-order chi connectivity index (χ0) is 13.5. The summed E-state index contributed by atoms with van der Waals surface area (Å²) in [6, 6.07) is 0. The number of carbonyl (C=O) groups is 1. The lowest BCUT2D eigenvalue weighted by Crippen LogP contribution is -2.40. The van der Waals surface area contributed by atoms with Gasteiger partial charge in [-0.05, 0) is 36.2 Å². The van der Waals surface area contributed by atoms with E-state index in [-0.39, 0.29) is 27.6 Å². The van der Waals surface area contributed by atoms with Gasteiger partial charge in [-0.15, -0.1) is 0 Å². The van der Waals surface area contributed by atoms with Crippen LogP contribution < -0.4 is 0 Å². The van der Waals surface area contributed by atoms with E-state index >= 15 is 0 Å². The second kappa shape index (κ2) is 5.05. The van der Waals surface area contributed by atoms with Crippen LogP contribution in [0.15, 0.2) is 10.6 Å². The highest BCUT2D eigenvalue weighted by Gasteiger charge is 2.61. The average Bonchev–Trinajstić information content (AvgIpc) is 2.78. The summed E-state index contributed by atoms with van der Waals surface area (Å²) >= 11 is 11.4. The highest BCUT2D eigenvalue weighted by atomic mass is 35.5. The van der Waals surface area contributed by atoms with E-state index in [4.69, 9.17) is 23.2 Å². The van der Waals surface area contributed by atoms with E-state index < -0.39 is 0 Å². The fourth-order valence-corrected chi connectivity index (χ4v) is 3.45. The summed E-state index contributed by atoms with van der Waals surface area (Å²) in [7, 11) is 0. The van der Waals surface area contributed by atoms with Crippen molar-refractivity contribution >= 4 is 29.1 Å². The van der Waals surface area contributed by atoms with Crippen molar-refractivity contribution < 1.29 is 4.79 Å². The van der Waals surface area contributed by atoms with Gasteiger partial charge in [0.05, 0.1) is 5.92 Å². The Bertz CT molecular complexity index is 374. The van der Waals surface area contributed by atoms with Crippen molar-refractivity contribution in [3.05, 3.63) is 10.6 Å². The van der Waals surface area contributed by atoms with Gasteiger partial charge in [-0.1, -0.05) is 44.0 Å². The second-order valence-electron chi connectivity index (χ2n) is 6.31. The van der Waals surface area contributed by atoms with Gasteiger partial charge in [-0.25, -0.2) is 0 Å². The van der Waals surface area contributed by atoms with Crippen molar-refractivity contribution in [3.63, 3.8) is 0 Å². The molecule has 4 heteroatoms. The normalized spacial score (nSPS) is 34.1. The molecule has 3 atom stereocenters. The first-order valence-corrected chi connectivity index (χ1v) is 7.41. The van der Waals surface area contributed by atoms with Crippen LogP contribution in [0.4, 0.5) is 0 Å². The van der Waals surface area contributed by atoms with E-state index in [1.165, 1.54) is 6.42 Å². The van der Waals surface area contributed by atoms with Crippen LogP contribution >= 0.6 is 23.2 Å². The van der Waals surface area contributed by atoms with Gasteiger partial charge < -0.3 is 4.90 Å². The number of carbonyl (C=O) groups excluding carboxylic acids is 1. The molecule has 0 spiro atoms. The van der Waals surface area contributed by atoms with E-state index in [1.807, 2.05) is 11.0 Å². The molecule has 1 aliphatic heterocycles. The molecule has 18 heavy (non-hydrogen) atoms. The Labute approximate surface area is 119 Å². The maximum absolute atomic E-state index is 12.5. The molecule has 1 saturated carbocycles. The Morgan fingerprint density at radius 2 is 2.06 bits per heavy atom. The molecule has 0 bridgehead atoms. The standard InChI is InChI=1S/C14H21Cl2NO/c1-9-5-4-6-17(8-9)13(18)12-10(7-11(15)16)14(12,2)3/h7,9-10,12H,4-6,8H2,1-3H3/t9-,10-,12+/m0/s1. The third-order valence-electron chi connectivity index (χ3n) is 4.45. The summed E-state index contributed by atoms with van der Waals surface area (Å²) in [4.78, 5) is 14.5. The summed E-state index contributed by atoms with van der Waals surface area (Å²) in [6.45, 7) is 8.24. The maximum atomic E-state index is 12.5. The van der Waals surface area contributed by atoms with Crippen LogP contribution in [-0.2, 0) is 4.79 Å². The predicted molar refractivity (Wildman–Crippen MR) is 75.5 cm³/mol. The lowest BCUT2D eigenvalue weighted by Gasteiger charge is -2.31. The number of piperidine rings is 1. The molecule has 1 aliphatic carbocycles. The zero-order valence-corrected chi connectivity index (χ0v) is 12.8. The molecule has 1 heterocycles. The van der Waals surface area contributed by atoms with E-state index in [2.05, 4.69) is 20.8 Å². The molecule has 0 radical (unpaired) electrons. The van der Waals surface area contributed by atoms with Crippen LogP contribution in [0.2, 0.25) is 0 Å². The molecule has 0 aromatic rings. The molecule has 0 aromatic carbocycles. The van der Waals surface area contributed by atoms with Crippen LogP contribution in [0.25, 0.3) is 0 Å². The van der Waals surface area contributed by atoms with Crippen molar-refractivity contribution in [2.24, 2.45) is 23.2 Å². The van der Waals surface area contributed by atoms with E-state index in [1.54, 1.807) is 0 Å². The van der Waals surface area contributed by atoms with Gasteiger partial charge in [0.25, 0.3) is 0 Å². The number of hydrogen-bond donors (Lipinski definition) is 0. The highest BCUT2D eigenvalue weighted by Crippen LogP contribution is 2.60. The smallest absolute Gasteiger partial charge is 0.226 e. The minimum Gasteiger partial charge on any atom is -0.342 e. The SMILES string of the molecule is C[C@H]1CCCN(C(=O)[C@H]2[C@H](C=C(Cl)Cl)C2(C)C)C1. The fourth-order valence-electron chi connectivity index (χ4n) is 3.18. The van der Waals surface area contributed by atoms with E-state index in [0.29, 0.717) is 5.92 Å². The Hall–Kier alpha value is -0.210. The van der Waals surface area contributed by atoms with Crippen molar-refractivity contribution in [1.29, 1.82) is 0 Å². The number of nitrogens with zero attached hydrogens (tertiary/aromatic N) is 1. The van der Waals surface area contributed by atoms with Gasteiger partial charge in [-0.2, -0.15) is 0 Å². The Kier molecular flexibility index (Phi) is 3.99. The Morgan fingerprint density at radius 1 is 1.39 bits per heavy atom. The van der Waals surface area contributed by atoms with E-state index in [9.17, 15) is 4.79 Å². The number of allylic oxidation sites excluding steroid dienone is 1. The van der Waals surface area contributed by atoms with Gasteiger partial charge in [0.2, 0.25) is 5.91 Å². The van der Waals surface area contributed by atoms with Crippen LogP contribution in [0, 0.1) is 23.2 Å². The summed E-state index contributed by atoms with van der Waals surface area (Å²) in [6.07, 6.45) is 4.17. The molecule has 1 amide bonds. The summed E-state index contributed by atoms with van der Waals surface area (Å²) < 4.78 is 0.274. The first kappa shape index (κ1) is 14.2. The number of amides is 1. The summed E-state index contributed by atoms with van der Waals surface area (Å²) in [5, 5.41) is 0. The number of hydrogen-bond acceptors (Lipinski definition) is 1. The highest BCUT2D eigenvalue weighted by molar-refractivity contribution is 6.55. The topological polar surface area (TPSA) is 20.3 Å². The fraction of sp³-hybridized carbons (Fsp3) is 0.786. The number of halogens is 2. The third kappa shape index (κ3) is 2.70. The predicted octanol–water partition coefficient (Wildman–Crippen LogP) is 3.84. The van der Waals surface area contributed by atoms with Crippen LogP contribution in [-0.4, -0.2) is 23.9 Å². The molecule has 1 saturated heterocycles. The molecule has 102 valence electrons. The molecule has 2 rings (SSSR count). The largest absolute Gasteiger partial charge is 0.342 e. The van der Waals surface area contributed by atoms with Gasteiger partial charge >= 0.3 is 0 Å². The minimum absolute atomic E-state index is 0.00714. The van der Waals surface area contributed by atoms with Crippen LogP contribution in [0.5, 0.6) is 0 Å². The molecular formula is C14H21Cl2NO. The summed E-state index contributed by atoms with van der Waals surface area (Å²) in [5.74, 6) is 1.14. The van der Waals surface area contributed by atoms with Crippen molar-refractivity contribution in [2.45, 2.75) is 33.6 Å². The molecule has 0 aromatic heterocycles. The molecule has 2 aliphatic rings. The Balaban J connectivity index is 2.04. The molecular weight excluding hydrogens is 269 g/mol. The van der Waals surface area contributed by atoms with E-state index in [0.717, 1.165) is 19.5 Å². The number of rotatable bonds is 2. The van der Waals surface area contributed by atoms with Crippen molar-refractivity contribution in [2.75, 3.05) is 13.1 Å². The molecule has 0 unspecified atom stereocenters. The maximum Gasteiger partial charge on any atom is 0.226 e. The monoisotopic (exact) mass is 289 g/mol. The van der Waals surface area contributed by atoms with Gasteiger partial charge in [0.15, 0.2) is 0 Å². The van der Waals surface area contributed by atoms with Crippen molar-refractivity contribution in [1.82, 2.24) is 4.90 Å². The molecule has 2 nitrogen and oxygen atoms in total. The Morgan fingerprint density at radius 3 is 2.61 bits per heavy atom. The second-order valence-corrected chi connectivity index (χ2v) is 7.32. The van der Waals surface area contributed by atoms with Gasteiger partial charge in [0, 0.05) is 13.1 Å². The van der Waals surface area contributed by atoms with Crippen molar-refractivity contribution in [3.8, 4) is 0 Å². The average molecular weight is 290 g/mol.